The number of fused-ring (bicyclic) bond motifs is 1. The summed E-state index contributed by atoms with van der Waals surface area (Å²) < 4.78 is 0. The molecule has 0 spiro atoms. The lowest BCUT2D eigenvalue weighted by Crippen LogP contribution is -1.68. The maximum atomic E-state index is 3.02. The van der Waals surface area contributed by atoms with Gasteiger partial charge in [0.2, 0.25) is 0 Å². The first-order valence-corrected chi connectivity index (χ1v) is 3.23. The van der Waals surface area contributed by atoms with Crippen molar-refractivity contribution in [3.8, 4) is 0 Å². The third kappa shape index (κ3) is 0.781. The standard InChI is InChI=1S/C10H6/c1-2-6-10-8-4-3-7-9(10)5-1/h1,4-8H/q-1. The van der Waals surface area contributed by atoms with Crippen molar-refractivity contribution in [3.05, 3.63) is 48.5 Å². The first kappa shape index (κ1) is 5.48. The Labute approximate surface area is 60.1 Å². The Balaban J connectivity index is 2.89. The van der Waals surface area contributed by atoms with Crippen molar-refractivity contribution >= 4 is 10.8 Å². The normalized spacial score (nSPS) is 10.0. The van der Waals surface area contributed by atoms with Crippen molar-refractivity contribution in [1.82, 2.24) is 0 Å². The number of rotatable bonds is 0. The van der Waals surface area contributed by atoms with Crippen LogP contribution in [0.2, 0.25) is 0 Å². The average molecular weight is 126 g/mol. The smallest absolute Gasteiger partial charge is 0.0210 e. The van der Waals surface area contributed by atoms with Gasteiger partial charge in [0.15, 0.2) is 0 Å². The Bertz CT molecular complexity index is 271. The van der Waals surface area contributed by atoms with Crippen LogP contribution >= 0.6 is 0 Å². The van der Waals surface area contributed by atoms with Gasteiger partial charge >= 0.3 is 0 Å². The molecule has 0 nitrogen and oxygen atoms in total. The molecule has 2 aromatic rings. The molecule has 0 saturated heterocycles. The molecule has 0 aliphatic carbocycles. The second-order valence-corrected chi connectivity index (χ2v) is 2.20. The minimum atomic E-state index is 1.22. The number of hydrogen-bond acceptors (Lipinski definition) is 0. The molecular formula is C10H6-. The average Bonchev–Trinajstić information content (AvgIpc) is 2.05. The Morgan fingerprint density at radius 3 is 3.10 bits per heavy atom. The zero-order valence-corrected chi connectivity index (χ0v) is 5.46. The van der Waals surface area contributed by atoms with Gasteiger partial charge in [0.1, 0.15) is 0 Å². The van der Waals surface area contributed by atoms with Gasteiger partial charge in [-0.05, 0) is 6.07 Å². The van der Waals surface area contributed by atoms with Crippen LogP contribution in [0.5, 0.6) is 0 Å². The zero-order valence-electron chi connectivity index (χ0n) is 5.46. The Morgan fingerprint density at radius 2 is 2.20 bits per heavy atom. The molecule has 1 radical (unpaired) electrons. The largest absolute Gasteiger partial charge is 0.183 e. The second kappa shape index (κ2) is 2.14. The fraction of sp³-hybridized carbons (Fsp3) is 0. The lowest BCUT2D eigenvalue weighted by atomic mass is 10.1. The second-order valence-electron chi connectivity index (χ2n) is 2.20. The van der Waals surface area contributed by atoms with E-state index in [0.29, 0.717) is 0 Å². The summed E-state index contributed by atoms with van der Waals surface area (Å²) in [5, 5.41) is 2.45. The molecule has 0 heteroatoms. The molecule has 0 heterocycles. The van der Waals surface area contributed by atoms with E-state index in [0.717, 1.165) is 0 Å². The molecule has 0 N–H and O–H groups in total. The van der Waals surface area contributed by atoms with Crippen molar-refractivity contribution < 1.29 is 0 Å². The Hall–Kier alpha value is -1.30. The van der Waals surface area contributed by atoms with Gasteiger partial charge in [0.05, 0.1) is 0 Å². The summed E-state index contributed by atoms with van der Waals surface area (Å²) in [5.41, 5.74) is 0. The molecule has 0 amide bonds. The maximum Gasteiger partial charge on any atom is -0.0210 e. The summed E-state index contributed by atoms with van der Waals surface area (Å²) in [6, 6.07) is 17.9. The first-order valence-electron chi connectivity index (χ1n) is 3.23. The molecule has 0 unspecified atom stereocenters. The molecule has 2 aromatic carbocycles. The van der Waals surface area contributed by atoms with Crippen LogP contribution in [-0.2, 0) is 0 Å². The highest BCUT2D eigenvalue weighted by Crippen LogP contribution is 2.10. The summed E-state index contributed by atoms with van der Waals surface area (Å²) in [6.45, 7) is 0. The molecular weight excluding hydrogens is 120 g/mol. The Kier molecular flexibility index (Phi) is 1.17. The minimum absolute atomic E-state index is 1.22. The third-order valence-electron chi connectivity index (χ3n) is 1.53. The molecule has 0 atom stereocenters. The van der Waals surface area contributed by atoms with Crippen LogP contribution in [0.25, 0.3) is 10.8 Å². The molecule has 0 fully saturated rings. The van der Waals surface area contributed by atoms with Crippen LogP contribution in [-0.4, -0.2) is 0 Å². The van der Waals surface area contributed by atoms with E-state index in [1.54, 1.807) is 0 Å². The Morgan fingerprint density at radius 1 is 1.20 bits per heavy atom. The maximum absolute atomic E-state index is 3.02. The van der Waals surface area contributed by atoms with Gasteiger partial charge in [-0.3, -0.25) is 0 Å². The summed E-state index contributed by atoms with van der Waals surface area (Å²) in [7, 11) is 0. The third-order valence-corrected chi connectivity index (χ3v) is 1.53. The van der Waals surface area contributed by atoms with Gasteiger partial charge in [-0.1, -0.05) is 12.1 Å². The van der Waals surface area contributed by atoms with Gasteiger partial charge in [-0.2, -0.15) is 24.3 Å². The van der Waals surface area contributed by atoms with E-state index in [-0.39, 0.29) is 0 Å². The fourth-order valence-electron chi connectivity index (χ4n) is 1.01. The lowest BCUT2D eigenvalue weighted by molar-refractivity contribution is 1.73. The molecule has 0 aliphatic rings. The number of benzene rings is 2. The molecule has 2 rings (SSSR count). The lowest BCUT2D eigenvalue weighted by Gasteiger charge is -2.01. The van der Waals surface area contributed by atoms with E-state index in [4.69, 9.17) is 0 Å². The zero-order chi connectivity index (χ0) is 6.81. The van der Waals surface area contributed by atoms with Crippen LogP contribution < -0.4 is 0 Å². The van der Waals surface area contributed by atoms with Crippen molar-refractivity contribution in [1.29, 1.82) is 0 Å². The van der Waals surface area contributed by atoms with Crippen LogP contribution in [0.4, 0.5) is 0 Å². The summed E-state index contributed by atoms with van der Waals surface area (Å²) in [6.07, 6.45) is 0. The predicted molar refractivity (Wildman–Crippen MR) is 41.6 cm³/mol. The highest BCUT2D eigenvalue weighted by molar-refractivity contribution is 5.81. The molecule has 10 heavy (non-hydrogen) atoms. The van der Waals surface area contributed by atoms with Crippen LogP contribution in [0.1, 0.15) is 0 Å². The molecule has 0 aromatic heterocycles. The van der Waals surface area contributed by atoms with Crippen LogP contribution in [0, 0.1) is 12.1 Å². The molecule has 0 bridgehead atoms. The van der Waals surface area contributed by atoms with E-state index in [9.17, 15) is 0 Å². The van der Waals surface area contributed by atoms with E-state index in [1.165, 1.54) is 10.8 Å². The fourth-order valence-corrected chi connectivity index (χ4v) is 1.01. The van der Waals surface area contributed by atoms with E-state index in [2.05, 4.69) is 12.1 Å². The molecule has 0 saturated carbocycles. The van der Waals surface area contributed by atoms with E-state index in [1.807, 2.05) is 36.4 Å². The molecule has 0 aliphatic heterocycles. The van der Waals surface area contributed by atoms with Crippen molar-refractivity contribution in [3.63, 3.8) is 0 Å². The van der Waals surface area contributed by atoms with Gasteiger partial charge in [0.25, 0.3) is 0 Å². The van der Waals surface area contributed by atoms with E-state index < -0.39 is 0 Å². The van der Waals surface area contributed by atoms with Crippen molar-refractivity contribution in [2.24, 2.45) is 0 Å². The summed E-state index contributed by atoms with van der Waals surface area (Å²) in [5.74, 6) is 0. The minimum Gasteiger partial charge on any atom is -0.183 e. The van der Waals surface area contributed by atoms with Crippen molar-refractivity contribution in [2.75, 3.05) is 0 Å². The summed E-state index contributed by atoms with van der Waals surface area (Å²) >= 11 is 0. The van der Waals surface area contributed by atoms with Gasteiger partial charge < -0.3 is 0 Å². The topological polar surface area (TPSA) is 0 Å². The number of hydrogen-bond donors (Lipinski definition) is 0. The van der Waals surface area contributed by atoms with E-state index >= 15 is 0 Å². The van der Waals surface area contributed by atoms with Crippen molar-refractivity contribution in [2.45, 2.75) is 0 Å². The van der Waals surface area contributed by atoms with Gasteiger partial charge in [0, 0.05) is 0 Å². The monoisotopic (exact) mass is 126 g/mol. The summed E-state index contributed by atoms with van der Waals surface area (Å²) in [4.78, 5) is 0. The molecule has 47 valence electrons. The van der Waals surface area contributed by atoms with Gasteiger partial charge in [-0.15, -0.1) is 16.8 Å². The first-order chi connectivity index (χ1) is 4.97. The SMILES string of the molecule is [c]1ccc2c[c-]ccc2c1. The highest BCUT2D eigenvalue weighted by Gasteiger charge is 1.76. The van der Waals surface area contributed by atoms with Crippen LogP contribution in [0.3, 0.4) is 0 Å². The van der Waals surface area contributed by atoms with Gasteiger partial charge in [-0.25, -0.2) is 0 Å². The predicted octanol–water partition coefficient (Wildman–Crippen LogP) is 2.44. The highest BCUT2D eigenvalue weighted by atomic mass is 13.9. The quantitative estimate of drug-likeness (QED) is 0.475. The van der Waals surface area contributed by atoms with Crippen LogP contribution in [0.15, 0.2) is 36.4 Å².